The van der Waals surface area contributed by atoms with Crippen molar-refractivity contribution in [1.29, 1.82) is 0 Å². The zero-order valence-corrected chi connectivity index (χ0v) is 9.10. The van der Waals surface area contributed by atoms with Crippen LogP contribution in [0.3, 0.4) is 0 Å². The molecule has 0 spiro atoms. The second-order valence-corrected chi connectivity index (χ2v) is 3.40. The molecule has 0 saturated heterocycles. The van der Waals surface area contributed by atoms with Crippen LogP contribution in [0.2, 0.25) is 0 Å². The Morgan fingerprint density at radius 1 is 1.46 bits per heavy atom. The molecule has 0 unspecified atom stereocenters. The maximum Gasteiger partial charge on any atom is 0.120 e. The lowest BCUT2D eigenvalue weighted by molar-refractivity contribution is 0.327. The third kappa shape index (κ3) is 4.00. The van der Waals surface area contributed by atoms with Crippen LogP contribution in [0.4, 0.5) is 0 Å². The quantitative estimate of drug-likeness (QED) is 0.581. The van der Waals surface area contributed by atoms with Gasteiger partial charge in [-0.1, -0.05) is 22.0 Å². The molecular weight excluding hydrogens is 228 g/mol. The largest absolute Gasteiger partial charge is 0.493 e. The van der Waals surface area contributed by atoms with Gasteiger partial charge in [-0.2, -0.15) is 0 Å². The molecule has 1 aromatic rings. The first-order valence-corrected chi connectivity index (χ1v) is 4.90. The van der Waals surface area contributed by atoms with Gasteiger partial charge in [0.15, 0.2) is 0 Å². The van der Waals surface area contributed by atoms with Crippen LogP contribution in [0, 0.1) is 11.8 Å². The van der Waals surface area contributed by atoms with Crippen LogP contribution in [0.5, 0.6) is 5.75 Å². The van der Waals surface area contributed by atoms with E-state index in [1.165, 1.54) is 0 Å². The lowest BCUT2D eigenvalue weighted by Crippen LogP contribution is -1.95. The fraction of sp³-hybridized carbons (Fsp3) is 0.273. The van der Waals surface area contributed by atoms with Crippen molar-refractivity contribution in [2.24, 2.45) is 0 Å². The van der Waals surface area contributed by atoms with Crippen molar-refractivity contribution >= 4 is 15.9 Å². The maximum atomic E-state index is 5.46. The Morgan fingerprint density at radius 3 is 3.00 bits per heavy atom. The van der Waals surface area contributed by atoms with E-state index in [9.17, 15) is 0 Å². The summed E-state index contributed by atoms with van der Waals surface area (Å²) in [6.07, 6.45) is 0.781. The Labute approximate surface area is 87.2 Å². The van der Waals surface area contributed by atoms with E-state index in [1.807, 2.05) is 31.2 Å². The Hall–Kier alpha value is -0.940. The van der Waals surface area contributed by atoms with Gasteiger partial charge in [0.1, 0.15) is 5.75 Å². The highest BCUT2D eigenvalue weighted by atomic mass is 79.9. The highest BCUT2D eigenvalue weighted by Gasteiger charge is 1.92. The van der Waals surface area contributed by atoms with E-state index in [0.717, 1.165) is 16.6 Å². The van der Waals surface area contributed by atoms with E-state index in [2.05, 4.69) is 27.8 Å². The van der Waals surface area contributed by atoms with Gasteiger partial charge in [-0.15, -0.1) is 11.8 Å². The molecule has 1 aromatic carbocycles. The molecule has 1 nitrogen and oxygen atoms in total. The van der Waals surface area contributed by atoms with Crippen molar-refractivity contribution < 1.29 is 4.74 Å². The highest BCUT2D eigenvalue weighted by Crippen LogP contribution is 2.17. The molecule has 0 radical (unpaired) electrons. The van der Waals surface area contributed by atoms with Gasteiger partial charge in [-0.25, -0.2) is 0 Å². The van der Waals surface area contributed by atoms with E-state index in [4.69, 9.17) is 4.74 Å². The second-order valence-electron chi connectivity index (χ2n) is 2.48. The van der Waals surface area contributed by atoms with Crippen LogP contribution >= 0.6 is 15.9 Å². The lowest BCUT2D eigenvalue weighted by Gasteiger charge is -2.03. The molecule has 0 aliphatic rings. The SMILES string of the molecule is CC#CCCOc1cccc(Br)c1. The average Bonchev–Trinajstić information content (AvgIpc) is 2.13. The fourth-order valence-electron chi connectivity index (χ4n) is 0.902. The van der Waals surface area contributed by atoms with Crippen LogP contribution in [0.25, 0.3) is 0 Å². The predicted octanol–water partition coefficient (Wildman–Crippen LogP) is 3.24. The predicted molar refractivity (Wildman–Crippen MR) is 57.7 cm³/mol. The van der Waals surface area contributed by atoms with Gasteiger partial charge in [-0.05, 0) is 25.1 Å². The number of ether oxygens (including phenoxy) is 1. The smallest absolute Gasteiger partial charge is 0.120 e. The summed E-state index contributed by atoms with van der Waals surface area (Å²) in [4.78, 5) is 0. The molecule has 0 heterocycles. The summed E-state index contributed by atoms with van der Waals surface area (Å²) in [6.45, 7) is 2.48. The van der Waals surface area contributed by atoms with Gasteiger partial charge in [0.25, 0.3) is 0 Å². The maximum absolute atomic E-state index is 5.46. The van der Waals surface area contributed by atoms with Crippen molar-refractivity contribution in [2.45, 2.75) is 13.3 Å². The van der Waals surface area contributed by atoms with Gasteiger partial charge < -0.3 is 4.74 Å². The van der Waals surface area contributed by atoms with Crippen molar-refractivity contribution in [3.05, 3.63) is 28.7 Å². The van der Waals surface area contributed by atoms with Gasteiger partial charge in [-0.3, -0.25) is 0 Å². The Kier molecular flexibility index (Phi) is 4.42. The van der Waals surface area contributed by atoms with Crippen LogP contribution < -0.4 is 4.74 Å². The van der Waals surface area contributed by atoms with Crippen LogP contribution in [0.15, 0.2) is 28.7 Å². The summed E-state index contributed by atoms with van der Waals surface area (Å²) in [5.41, 5.74) is 0. The summed E-state index contributed by atoms with van der Waals surface area (Å²) in [5.74, 6) is 6.65. The number of rotatable bonds is 3. The Bertz CT molecular complexity index is 322. The van der Waals surface area contributed by atoms with E-state index in [1.54, 1.807) is 0 Å². The van der Waals surface area contributed by atoms with Gasteiger partial charge in [0.2, 0.25) is 0 Å². The zero-order valence-electron chi connectivity index (χ0n) is 7.51. The Morgan fingerprint density at radius 2 is 2.31 bits per heavy atom. The number of hydrogen-bond donors (Lipinski definition) is 0. The molecule has 0 aliphatic carbocycles. The van der Waals surface area contributed by atoms with Crippen LogP contribution in [-0.2, 0) is 0 Å². The molecule has 0 amide bonds. The summed E-state index contributed by atoms with van der Waals surface area (Å²) < 4.78 is 6.49. The summed E-state index contributed by atoms with van der Waals surface area (Å²) >= 11 is 3.38. The minimum absolute atomic E-state index is 0.650. The van der Waals surface area contributed by atoms with Crippen molar-refractivity contribution in [3.8, 4) is 17.6 Å². The van der Waals surface area contributed by atoms with Crippen molar-refractivity contribution in [3.63, 3.8) is 0 Å². The molecule has 0 N–H and O–H groups in total. The molecule has 0 atom stereocenters. The molecule has 2 heteroatoms. The number of hydrogen-bond acceptors (Lipinski definition) is 1. The minimum atomic E-state index is 0.650. The van der Waals surface area contributed by atoms with E-state index >= 15 is 0 Å². The third-order valence-corrected chi connectivity index (χ3v) is 1.96. The molecular formula is C11H11BrO. The summed E-state index contributed by atoms with van der Waals surface area (Å²) in [5, 5.41) is 0. The van der Waals surface area contributed by atoms with Crippen LogP contribution in [0.1, 0.15) is 13.3 Å². The highest BCUT2D eigenvalue weighted by molar-refractivity contribution is 9.10. The van der Waals surface area contributed by atoms with Crippen molar-refractivity contribution in [2.75, 3.05) is 6.61 Å². The molecule has 0 saturated carbocycles. The first-order chi connectivity index (χ1) is 6.33. The zero-order chi connectivity index (χ0) is 9.52. The van der Waals surface area contributed by atoms with E-state index in [0.29, 0.717) is 6.61 Å². The monoisotopic (exact) mass is 238 g/mol. The Balaban J connectivity index is 2.39. The first kappa shape index (κ1) is 10.1. The average molecular weight is 239 g/mol. The third-order valence-electron chi connectivity index (χ3n) is 1.47. The van der Waals surface area contributed by atoms with Gasteiger partial charge >= 0.3 is 0 Å². The molecule has 0 aliphatic heterocycles. The summed E-state index contributed by atoms with van der Waals surface area (Å²) in [6, 6.07) is 7.80. The summed E-state index contributed by atoms with van der Waals surface area (Å²) in [7, 11) is 0. The first-order valence-electron chi connectivity index (χ1n) is 4.11. The molecule has 0 fully saturated rings. The fourth-order valence-corrected chi connectivity index (χ4v) is 1.28. The molecule has 13 heavy (non-hydrogen) atoms. The molecule has 1 rings (SSSR count). The number of halogens is 1. The number of benzene rings is 1. The normalized spacial score (nSPS) is 8.77. The van der Waals surface area contributed by atoms with E-state index in [-0.39, 0.29) is 0 Å². The molecule has 0 aromatic heterocycles. The standard InChI is InChI=1S/C11H11BrO/c1-2-3-4-8-13-11-7-5-6-10(12)9-11/h5-7,9H,4,8H2,1H3. The molecule has 68 valence electrons. The lowest BCUT2D eigenvalue weighted by atomic mass is 10.3. The molecule has 0 bridgehead atoms. The van der Waals surface area contributed by atoms with Gasteiger partial charge in [0, 0.05) is 10.9 Å². The minimum Gasteiger partial charge on any atom is -0.493 e. The topological polar surface area (TPSA) is 9.23 Å². The van der Waals surface area contributed by atoms with Crippen LogP contribution in [-0.4, -0.2) is 6.61 Å². The second kappa shape index (κ2) is 5.66. The van der Waals surface area contributed by atoms with Gasteiger partial charge in [0.05, 0.1) is 6.61 Å². The van der Waals surface area contributed by atoms with Crippen molar-refractivity contribution in [1.82, 2.24) is 0 Å². The van der Waals surface area contributed by atoms with E-state index < -0.39 is 0 Å².